The zero-order valence-electron chi connectivity index (χ0n) is 7.21. The van der Waals surface area contributed by atoms with Crippen molar-refractivity contribution in [3.05, 3.63) is 0 Å². The van der Waals surface area contributed by atoms with Gasteiger partial charge in [0.1, 0.15) is 5.84 Å². The Balaban J connectivity index is 2.15. The van der Waals surface area contributed by atoms with Gasteiger partial charge in [-0.3, -0.25) is 10.0 Å². The Morgan fingerprint density at radius 3 is 2.91 bits per heavy atom. The minimum absolute atomic E-state index is 0.887. The van der Waals surface area contributed by atoms with E-state index in [1.54, 1.807) is 5.01 Å². The molecule has 2 N–H and O–H groups in total. The molecule has 0 aromatic rings. The minimum Gasteiger partial charge on any atom is -0.297 e. The first-order valence-electron chi connectivity index (χ1n) is 4.40. The van der Waals surface area contributed by atoms with E-state index in [0.29, 0.717) is 0 Å². The standard InChI is InChI=1S/C8H17N3/c1-2-3-4-5-8-10-6-7-11(8)9/h2-7,9H2,1H3. The molecule has 0 amide bonds. The number of nitrogens with zero attached hydrogens (tertiary/aromatic N) is 2. The zero-order valence-corrected chi connectivity index (χ0v) is 7.21. The molecule has 1 aliphatic heterocycles. The van der Waals surface area contributed by atoms with Crippen LogP contribution < -0.4 is 5.84 Å². The Hall–Kier alpha value is -0.570. The molecule has 0 saturated heterocycles. The topological polar surface area (TPSA) is 41.6 Å². The first kappa shape index (κ1) is 8.53. The fourth-order valence-electron chi connectivity index (χ4n) is 1.26. The fourth-order valence-corrected chi connectivity index (χ4v) is 1.26. The molecular weight excluding hydrogens is 138 g/mol. The molecule has 0 saturated carbocycles. The SMILES string of the molecule is CCCCCC1=NCCN1N. The van der Waals surface area contributed by atoms with Crippen molar-refractivity contribution in [3.8, 4) is 0 Å². The van der Waals surface area contributed by atoms with E-state index in [1.165, 1.54) is 19.3 Å². The Morgan fingerprint density at radius 2 is 2.36 bits per heavy atom. The van der Waals surface area contributed by atoms with Gasteiger partial charge in [-0.1, -0.05) is 19.8 Å². The summed E-state index contributed by atoms with van der Waals surface area (Å²) in [6, 6.07) is 0. The third-order valence-electron chi connectivity index (χ3n) is 1.97. The molecule has 0 atom stereocenters. The Morgan fingerprint density at radius 1 is 1.55 bits per heavy atom. The average molecular weight is 155 g/mol. The van der Waals surface area contributed by atoms with Crippen molar-refractivity contribution in [2.75, 3.05) is 13.1 Å². The highest BCUT2D eigenvalue weighted by molar-refractivity contribution is 5.83. The second-order valence-electron chi connectivity index (χ2n) is 2.95. The lowest BCUT2D eigenvalue weighted by atomic mass is 10.2. The van der Waals surface area contributed by atoms with Crippen LogP contribution in [0.25, 0.3) is 0 Å². The second-order valence-corrected chi connectivity index (χ2v) is 2.95. The van der Waals surface area contributed by atoms with E-state index in [1.807, 2.05) is 0 Å². The van der Waals surface area contributed by atoms with Gasteiger partial charge in [-0.25, -0.2) is 5.84 Å². The highest BCUT2D eigenvalue weighted by Crippen LogP contribution is 2.05. The van der Waals surface area contributed by atoms with E-state index in [0.717, 1.165) is 25.3 Å². The highest BCUT2D eigenvalue weighted by Gasteiger charge is 2.11. The predicted molar refractivity (Wildman–Crippen MR) is 47.3 cm³/mol. The van der Waals surface area contributed by atoms with E-state index < -0.39 is 0 Å². The molecule has 0 radical (unpaired) electrons. The van der Waals surface area contributed by atoms with Crippen LogP contribution in [0, 0.1) is 0 Å². The van der Waals surface area contributed by atoms with Crippen molar-refractivity contribution in [2.45, 2.75) is 32.6 Å². The molecule has 0 aliphatic carbocycles. The summed E-state index contributed by atoms with van der Waals surface area (Å²) in [5, 5.41) is 1.77. The maximum Gasteiger partial charge on any atom is 0.113 e. The van der Waals surface area contributed by atoms with Crippen LogP contribution in [-0.2, 0) is 0 Å². The van der Waals surface area contributed by atoms with Gasteiger partial charge < -0.3 is 0 Å². The van der Waals surface area contributed by atoms with Gasteiger partial charge in [0.05, 0.1) is 13.1 Å². The highest BCUT2D eigenvalue weighted by atomic mass is 15.4. The minimum atomic E-state index is 0.887. The molecule has 3 heteroatoms. The lowest BCUT2D eigenvalue weighted by Gasteiger charge is -2.12. The zero-order chi connectivity index (χ0) is 8.10. The number of unbranched alkanes of at least 4 members (excludes halogenated alkanes) is 2. The van der Waals surface area contributed by atoms with Crippen molar-refractivity contribution in [2.24, 2.45) is 10.8 Å². The van der Waals surface area contributed by atoms with Crippen molar-refractivity contribution in [1.29, 1.82) is 0 Å². The molecule has 0 unspecified atom stereocenters. The first-order valence-corrected chi connectivity index (χ1v) is 4.40. The summed E-state index contributed by atoms with van der Waals surface area (Å²) >= 11 is 0. The van der Waals surface area contributed by atoms with Crippen LogP contribution >= 0.6 is 0 Å². The van der Waals surface area contributed by atoms with Gasteiger partial charge in [0.15, 0.2) is 0 Å². The first-order chi connectivity index (χ1) is 5.34. The Labute approximate surface area is 68.3 Å². The van der Waals surface area contributed by atoms with Crippen LogP contribution in [0.1, 0.15) is 32.6 Å². The third kappa shape index (κ3) is 2.50. The summed E-state index contributed by atoms with van der Waals surface area (Å²) in [7, 11) is 0. The summed E-state index contributed by atoms with van der Waals surface area (Å²) in [5.74, 6) is 6.76. The summed E-state index contributed by atoms with van der Waals surface area (Å²) in [5.41, 5.74) is 0. The van der Waals surface area contributed by atoms with E-state index in [2.05, 4.69) is 11.9 Å². The molecule has 0 bridgehead atoms. The van der Waals surface area contributed by atoms with E-state index in [9.17, 15) is 0 Å². The number of hydrogen-bond donors (Lipinski definition) is 1. The van der Waals surface area contributed by atoms with Crippen LogP contribution in [0.5, 0.6) is 0 Å². The molecule has 11 heavy (non-hydrogen) atoms. The molecule has 0 aromatic carbocycles. The van der Waals surface area contributed by atoms with Crippen LogP contribution in [0.3, 0.4) is 0 Å². The van der Waals surface area contributed by atoms with Crippen LogP contribution in [0.15, 0.2) is 4.99 Å². The number of amidine groups is 1. The molecule has 64 valence electrons. The summed E-state index contributed by atoms with van der Waals surface area (Å²) < 4.78 is 0. The van der Waals surface area contributed by atoms with E-state index in [-0.39, 0.29) is 0 Å². The van der Waals surface area contributed by atoms with Crippen molar-refractivity contribution in [3.63, 3.8) is 0 Å². The number of aliphatic imine (C=N–C) groups is 1. The number of rotatable bonds is 4. The van der Waals surface area contributed by atoms with E-state index >= 15 is 0 Å². The maximum absolute atomic E-state index is 5.66. The summed E-state index contributed by atoms with van der Waals surface area (Å²) in [6.07, 6.45) is 4.83. The van der Waals surface area contributed by atoms with Gasteiger partial charge in [-0.2, -0.15) is 0 Å². The second kappa shape index (κ2) is 4.34. The van der Waals surface area contributed by atoms with Crippen molar-refractivity contribution in [1.82, 2.24) is 5.01 Å². The van der Waals surface area contributed by atoms with E-state index in [4.69, 9.17) is 5.84 Å². The Kier molecular flexibility index (Phi) is 3.36. The van der Waals surface area contributed by atoms with Crippen molar-refractivity contribution < 1.29 is 0 Å². The van der Waals surface area contributed by atoms with Crippen LogP contribution in [0.4, 0.5) is 0 Å². The monoisotopic (exact) mass is 155 g/mol. The van der Waals surface area contributed by atoms with Gasteiger partial charge in [0.2, 0.25) is 0 Å². The van der Waals surface area contributed by atoms with Gasteiger partial charge in [0.25, 0.3) is 0 Å². The molecule has 1 aliphatic rings. The van der Waals surface area contributed by atoms with Crippen LogP contribution in [0.2, 0.25) is 0 Å². The quantitative estimate of drug-likeness (QED) is 0.489. The summed E-state index contributed by atoms with van der Waals surface area (Å²) in [4.78, 5) is 4.31. The largest absolute Gasteiger partial charge is 0.297 e. The molecule has 0 fully saturated rings. The lowest BCUT2D eigenvalue weighted by molar-refractivity contribution is 0.471. The molecule has 3 nitrogen and oxygen atoms in total. The Bertz CT molecular complexity index is 142. The average Bonchev–Trinajstić information content (AvgIpc) is 2.37. The number of hydrazine groups is 1. The van der Waals surface area contributed by atoms with Gasteiger partial charge >= 0.3 is 0 Å². The normalized spacial score (nSPS) is 17.3. The van der Waals surface area contributed by atoms with Gasteiger partial charge in [0, 0.05) is 6.42 Å². The lowest BCUT2D eigenvalue weighted by Crippen LogP contribution is -2.34. The fraction of sp³-hybridized carbons (Fsp3) is 0.875. The van der Waals surface area contributed by atoms with Crippen molar-refractivity contribution >= 4 is 5.84 Å². The van der Waals surface area contributed by atoms with Gasteiger partial charge in [-0.05, 0) is 6.42 Å². The molecule has 1 rings (SSSR count). The molecule has 0 spiro atoms. The number of hydrogen-bond acceptors (Lipinski definition) is 3. The maximum atomic E-state index is 5.66. The smallest absolute Gasteiger partial charge is 0.113 e. The molecular formula is C8H17N3. The molecule has 1 heterocycles. The third-order valence-corrected chi connectivity index (χ3v) is 1.97. The summed E-state index contributed by atoms with van der Waals surface area (Å²) in [6.45, 7) is 4.00. The number of nitrogens with two attached hydrogens (primary N) is 1. The predicted octanol–water partition coefficient (Wildman–Crippen LogP) is 1.15. The molecule has 0 aromatic heterocycles. The van der Waals surface area contributed by atoms with Gasteiger partial charge in [-0.15, -0.1) is 0 Å². The van der Waals surface area contributed by atoms with Crippen LogP contribution in [-0.4, -0.2) is 23.9 Å².